The van der Waals surface area contributed by atoms with Crippen molar-refractivity contribution in [3.8, 4) is 0 Å². The molecule has 2 atom stereocenters. The summed E-state index contributed by atoms with van der Waals surface area (Å²) in [6.07, 6.45) is 21.8. The van der Waals surface area contributed by atoms with Crippen LogP contribution in [-0.4, -0.2) is 10.9 Å². The largest absolute Gasteiger partial charge is 0.287 e. The van der Waals surface area contributed by atoms with Crippen LogP contribution in [0.3, 0.4) is 0 Å². The minimum atomic E-state index is 0.483. The summed E-state index contributed by atoms with van der Waals surface area (Å²) in [6.45, 7) is 9.45. The fourth-order valence-electron chi connectivity index (χ4n) is 5.85. The van der Waals surface area contributed by atoms with Gasteiger partial charge in [-0.25, -0.2) is 0 Å². The molecule has 0 amide bonds. The Kier molecular flexibility index (Phi) is 16.6. The molecule has 0 aliphatic rings. The molecule has 0 N–H and O–H groups in total. The first-order chi connectivity index (χ1) is 17.7. The van der Waals surface area contributed by atoms with Gasteiger partial charge in [-0.2, -0.15) is 0 Å². The minimum absolute atomic E-state index is 0.483. The Bertz CT molecular complexity index is 676. The van der Waals surface area contributed by atoms with Crippen LogP contribution in [0.1, 0.15) is 154 Å². The molecule has 0 aromatic heterocycles. The van der Waals surface area contributed by atoms with E-state index < -0.39 is 0 Å². The summed E-state index contributed by atoms with van der Waals surface area (Å²) in [5, 5.41) is 0. The third-order valence-corrected chi connectivity index (χ3v) is 7.85. The zero-order valence-corrected chi connectivity index (χ0v) is 24.3. The highest BCUT2D eigenvalue weighted by Gasteiger charge is 2.30. The van der Waals surface area contributed by atoms with E-state index in [2.05, 4.69) is 93.3 Å². The van der Waals surface area contributed by atoms with Gasteiger partial charge < -0.3 is 0 Å². The fourth-order valence-corrected chi connectivity index (χ4v) is 5.85. The van der Waals surface area contributed by atoms with E-state index in [0.717, 1.165) is 0 Å². The quantitative estimate of drug-likeness (QED) is 0.157. The molecule has 0 heterocycles. The molecular weight excluding hydrogens is 434 g/mol. The second-order valence-corrected chi connectivity index (χ2v) is 11.2. The summed E-state index contributed by atoms with van der Waals surface area (Å²) < 4.78 is 0. The maximum absolute atomic E-state index is 2.87. The molecule has 2 rings (SSSR count). The fraction of sp³-hybridized carbons (Fsp3) is 0.657. The van der Waals surface area contributed by atoms with Crippen LogP contribution in [0.5, 0.6) is 0 Å². The highest BCUT2D eigenvalue weighted by molar-refractivity contribution is 5.23. The predicted octanol–water partition coefficient (Wildman–Crippen LogP) is 11.5. The Balaban J connectivity index is 2.14. The second-order valence-electron chi connectivity index (χ2n) is 11.2. The summed E-state index contributed by atoms with van der Waals surface area (Å²) in [4.78, 5) is 2.87. The van der Waals surface area contributed by atoms with Crippen LogP contribution < -0.4 is 0 Å². The van der Waals surface area contributed by atoms with Crippen molar-refractivity contribution in [1.82, 2.24) is 4.90 Å². The van der Waals surface area contributed by atoms with E-state index >= 15 is 0 Å². The summed E-state index contributed by atoms with van der Waals surface area (Å²) in [6, 6.07) is 24.2. The third-order valence-electron chi connectivity index (χ3n) is 7.85. The van der Waals surface area contributed by atoms with Crippen molar-refractivity contribution in [2.75, 3.05) is 0 Å². The Morgan fingerprint density at radius 3 is 1.14 bits per heavy atom. The Morgan fingerprint density at radius 1 is 0.472 bits per heavy atom. The lowest BCUT2D eigenvalue weighted by atomic mass is 9.91. The van der Waals surface area contributed by atoms with E-state index in [9.17, 15) is 0 Å². The Labute approximate surface area is 225 Å². The Morgan fingerprint density at radius 2 is 0.806 bits per heavy atom. The number of hydrogen-bond acceptors (Lipinski definition) is 1. The summed E-state index contributed by atoms with van der Waals surface area (Å²) in [5.74, 6) is 0. The number of unbranched alkanes of at least 4 members (excludes halogenated alkanes) is 12. The molecule has 0 bridgehead atoms. The van der Waals surface area contributed by atoms with Crippen LogP contribution in [0.15, 0.2) is 60.7 Å². The van der Waals surface area contributed by atoms with Gasteiger partial charge >= 0.3 is 0 Å². The molecule has 202 valence electrons. The molecular formula is C35H57N. The van der Waals surface area contributed by atoms with E-state index in [1.807, 2.05) is 0 Å². The van der Waals surface area contributed by atoms with Crippen molar-refractivity contribution in [3.05, 3.63) is 71.8 Å². The number of hydrogen-bond donors (Lipinski definition) is 0. The van der Waals surface area contributed by atoms with E-state index in [1.165, 1.54) is 114 Å². The van der Waals surface area contributed by atoms with Crippen molar-refractivity contribution >= 4 is 0 Å². The zero-order chi connectivity index (χ0) is 25.8. The zero-order valence-electron chi connectivity index (χ0n) is 24.3. The molecule has 0 saturated heterocycles. The maximum atomic E-state index is 2.87. The molecule has 36 heavy (non-hydrogen) atoms. The normalized spacial score (nSPS) is 13.4. The minimum Gasteiger partial charge on any atom is -0.287 e. The first-order valence-corrected chi connectivity index (χ1v) is 15.6. The van der Waals surface area contributed by atoms with E-state index in [0.29, 0.717) is 18.1 Å². The van der Waals surface area contributed by atoms with Gasteiger partial charge in [0.1, 0.15) is 0 Å². The molecule has 2 aromatic rings. The average Bonchev–Trinajstić information content (AvgIpc) is 2.90. The number of rotatable bonds is 21. The highest BCUT2D eigenvalue weighted by atomic mass is 15.2. The lowest BCUT2D eigenvalue weighted by molar-refractivity contribution is 0.0780. The SMILES string of the molecule is CCCCCCCCCC(c1ccccc1)N(C(C)C)C(CCCCCCCCC)c1ccccc1. The van der Waals surface area contributed by atoms with E-state index in [1.54, 1.807) is 0 Å². The molecule has 0 aliphatic carbocycles. The average molecular weight is 492 g/mol. The highest BCUT2D eigenvalue weighted by Crippen LogP contribution is 2.39. The molecule has 0 aliphatic heterocycles. The maximum Gasteiger partial charge on any atom is 0.0356 e. The van der Waals surface area contributed by atoms with Crippen LogP contribution in [-0.2, 0) is 0 Å². The molecule has 1 nitrogen and oxygen atoms in total. The summed E-state index contributed by atoms with van der Waals surface area (Å²) in [7, 11) is 0. The third kappa shape index (κ3) is 11.6. The van der Waals surface area contributed by atoms with Gasteiger partial charge in [0.15, 0.2) is 0 Å². The molecule has 2 unspecified atom stereocenters. The standard InChI is InChI=1S/C35H57N/c1-5-7-9-11-13-15-23-29-34(32-25-19-17-20-26-32)36(31(3)4)35(33-27-21-18-22-28-33)30-24-16-14-12-10-8-6-2/h17-22,25-28,31,34-35H,5-16,23-24,29-30H2,1-4H3. The monoisotopic (exact) mass is 491 g/mol. The summed E-state index contributed by atoms with van der Waals surface area (Å²) in [5.41, 5.74) is 3.00. The molecule has 1 heteroatoms. The Hall–Kier alpha value is -1.60. The molecule has 0 radical (unpaired) electrons. The number of benzene rings is 2. The van der Waals surface area contributed by atoms with Gasteiger partial charge in [0.2, 0.25) is 0 Å². The molecule has 0 spiro atoms. The molecule has 2 aromatic carbocycles. The lowest BCUT2D eigenvalue weighted by Gasteiger charge is -2.42. The van der Waals surface area contributed by atoms with E-state index in [-0.39, 0.29) is 0 Å². The van der Waals surface area contributed by atoms with Crippen molar-refractivity contribution in [1.29, 1.82) is 0 Å². The van der Waals surface area contributed by atoms with Gasteiger partial charge in [-0.05, 0) is 37.8 Å². The smallest absolute Gasteiger partial charge is 0.0356 e. The van der Waals surface area contributed by atoms with Crippen LogP contribution in [0, 0.1) is 0 Å². The topological polar surface area (TPSA) is 3.24 Å². The molecule has 0 fully saturated rings. The van der Waals surface area contributed by atoms with Gasteiger partial charge in [0, 0.05) is 18.1 Å². The predicted molar refractivity (Wildman–Crippen MR) is 161 cm³/mol. The summed E-state index contributed by atoms with van der Waals surface area (Å²) >= 11 is 0. The van der Waals surface area contributed by atoms with Crippen molar-refractivity contribution in [2.24, 2.45) is 0 Å². The van der Waals surface area contributed by atoms with Crippen LogP contribution in [0.4, 0.5) is 0 Å². The van der Waals surface area contributed by atoms with Crippen LogP contribution in [0.25, 0.3) is 0 Å². The van der Waals surface area contributed by atoms with Gasteiger partial charge in [-0.15, -0.1) is 0 Å². The van der Waals surface area contributed by atoms with Crippen LogP contribution >= 0.6 is 0 Å². The van der Waals surface area contributed by atoms with Gasteiger partial charge in [-0.3, -0.25) is 4.90 Å². The van der Waals surface area contributed by atoms with Crippen molar-refractivity contribution in [2.45, 2.75) is 149 Å². The van der Waals surface area contributed by atoms with Crippen molar-refractivity contribution in [3.63, 3.8) is 0 Å². The van der Waals surface area contributed by atoms with Crippen LogP contribution in [0.2, 0.25) is 0 Å². The van der Waals surface area contributed by atoms with Gasteiger partial charge in [0.25, 0.3) is 0 Å². The lowest BCUT2D eigenvalue weighted by Crippen LogP contribution is -2.38. The second kappa shape index (κ2) is 19.5. The van der Waals surface area contributed by atoms with E-state index in [4.69, 9.17) is 0 Å². The molecule has 0 saturated carbocycles. The first kappa shape index (κ1) is 30.6. The number of nitrogens with zero attached hydrogens (tertiary/aromatic N) is 1. The first-order valence-electron chi connectivity index (χ1n) is 15.6. The van der Waals surface area contributed by atoms with Gasteiger partial charge in [0.05, 0.1) is 0 Å². The van der Waals surface area contributed by atoms with Crippen molar-refractivity contribution < 1.29 is 0 Å². The van der Waals surface area contributed by atoms with Gasteiger partial charge in [-0.1, -0.05) is 164 Å².